The quantitative estimate of drug-likeness (QED) is 0.370. The third-order valence-electron chi connectivity index (χ3n) is 1.29. The van der Waals surface area contributed by atoms with Crippen molar-refractivity contribution in [1.82, 2.24) is 0 Å². The van der Waals surface area contributed by atoms with Gasteiger partial charge in [-0.1, -0.05) is 0 Å². The van der Waals surface area contributed by atoms with Gasteiger partial charge in [0.1, 0.15) is 0 Å². The first kappa shape index (κ1) is 36.9. The number of hydrogen-bond donors (Lipinski definition) is 4. The average molecular weight is 354 g/mol. The van der Waals surface area contributed by atoms with Crippen LogP contribution in [0.4, 0.5) is 0 Å². The van der Waals surface area contributed by atoms with Crippen LogP contribution in [-0.2, 0) is 14.4 Å². The SMILES string of the molecule is O.O.O=C(O)CC(O)(CC(=O)O)C(=O)O.[Ca+2].[Ca+2].[Ca+2].[H-].[H-].[H-].[H-].[H-].[H-]. The van der Waals surface area contributed by atoms with Gasteiger partial charge in [0.15, 0.2) is 5.60 Å². The molecule has 0 aliphatic rings. The predicted octanol–water partition coefficient (Wildman–Crippen LogP) is -3.37. The number of carboxylic acid groups (broad SMARTS) is 3. The van der Waals surface area contributed by atoms with Crippen molar-refractivity contribution >= 4 is 131 Å². The molecule has 0 unspecified atom stereocenters. The zero-order chi connectivity index (χ0) is 10.6. The minimum atomic E-state index is -2.74. The van der Waals surface area contributed by atoms with E-state index in [1.165, 1.54) is 0 Å². The number of carboxylic acids is 3. The molecule has 0 fully saturated rings. The van der Waals surface area contributed by atoms with Crippen LogP contribution in [0.2, 0.25) is 0 Å². The van der Waals surface area contributed by atoms with E-state index in [-0.39, 0.29) is 133 Å². The summed E-state index contributed by atoms with van der Waals surface area (Å²) in [5.74, 6) is -5.02. The molecule has 0 bridgehead atoms. The topological polar surface area (TPSA) is 195 Å². The molecule has 8 N–H and O–H groups in total. The van der Waals surface area contributed by atoms with Gasteiger partial charge in [-0.2, -0.15) is 0 Å². The van der Waals surface area contributed by atoms with Crippen LogP contribution in [0.15, 0.2) is 0 Å². The molecule has 0 aliphatic carbocycles. The van der Waals surface area contributed by atoms with Gasteiger partial charge in [-0.05, 0) is 0 Å². The maximum absolute atomic E-state index is 10.3. The second kappa shape index (κ2) is 17.1. The van der Waals surface area contributed by atoms with Crippen LogP contribution >= 0.6 is 0 Å². The number of rotatable bonds is 5. The Balaban J connectivity index is -0.0000000131. The molecule has 0 aromatic rings. The second-order valence-corrected chi connectivity index (χ2v) is 2.48. The fourth-order valence-electron chi connectivity index (χ4n) is 0.714. The molecule has 0 radical (unpaired) electrons. The standard InChI is InChI=1S/C6H8O7.3Ca.2H2O.6H/c7-3(8)1-6(13,5(11)12)2-4(9)10;;;;;;;;;;;/h13H,1-2H2,(H,7,8)(H,9,10)(H,11,12);;;;2*1H2;;;;;;/q;3*+2;;;6*-1. The molecule has 0 heterocycles. The van der Waals surface area contributed by atoms with Crippen molar-refractivity contribution in [2.45, 2.75) is 18.4 Å². The summed E-state index contributed by atoms with van der Waals surface area (Å²) in [4.78, 5) is 30.5. The summed E-state index contributed by atoms with van der Waals surface area (Å²) in [6.45, 7) is 0. The Bertz CT molecular complexity index is 260. The van der Waals surface area contributed by atoms with Crippen LogP contribution in [0.5, 0.6) is 0 Å². The van der Waals surface area contributed by atoms with E-state index >= 15 is 0 Å². The molecule has 0 atom stereocenters. The molecule has 0 saturated heterocycles. The number of aliphatic carboxylic acids is 3. The van der Waals surface area contributed by atoms with Gasteiger partial charge in [0, 0.05) is 0 Å². The Morgan fingerprint density at radius 3 is 1.17 bits per heavy atom. The van der Waals surface area contributed by atoms with Gasteiger partial charge in [0.05, 0.1) is 12.8 Å². The predicted molar refractivity (Wildman–Crippen MR) is 68.3 cm³/mol. The van der Waals surface area contributed by atoms with E-state index in [0.29, 0.717) is 0 Å². The summed E-state index contributed by atoms with van der Waals surface area (Å²) in [5, 5.41) is 33.8. The first-order valence-corrected chi connectivity index (χ1v) is 3.17. The minimum absolute atomic E-state index is 0. The Labute approximate surface area is 200 Å². The molecule has 0 spiro atoms. The van der Waals surface area contributed by atoms with Gasteiger partial charge in [-0.3, -0.25) is 9.59 Å². The first-order chi connectivity index (χ1) is 5.78. The van der Waals surface area contributed by atoms with Crippen LogP contribution in [0.1, 0.15) is 21.4 Å². The summed E-state index contributed by atoms with van der Waals surface area (Å²) in [6, 6.07) is 0. The Morgan fingerprint density at radius 1 is 0.833 bits per heavy atom. The monoisotopic (exact) mass is 354 g/mol. The van der Waals surface area contributed by atoms with E-state index in [9.17, 15) is 14.4 Å². The maximum Gasteiger partial charge on any atom is 2.00 e. The van der Waals surface area contributed by atoms with Crippen LogP contribution < -0.4 is 0 Å². The summed E-state index contributed by atoms with van der Waals surface area (Å²) >= 11 is 0. The van der Waals surface area contributed by atoms with Crippen molar-refractivity contribution in [3.05, 3.63) is 0 Å². The Hall–Kier alpha value is 2.07. The molecule has 0 saturated carbocycles. The fraction of sp³-hybridized carbons (Fsp3) is 0.500. The van der Waals surface area contributed by atoms with E-state index in [0.717, 1.165) is 0 Å². The normalized spacial score (nSPS) is 7.83. The van der Waals surface area contributed by atoms with Gasteiger partial charge in [-0.25, -0.2) is 4.79 Å². The Morgan fingerprint density at radius 2 is 1.06 bits per heavy atom. The number of aliphatic hydroxyl groups is 1. The van der Waals surface area contributed by atoms with Crippen LogP contribution in [0, 0.1) is 0 Å². The first-order valence-electron chi connectivity index (χ1n) is 3.17. The zero-order valence-electron chi connectivity index (χ0n) is 15.5. The van der Waals surface area contributed by atoms with Gasteiger partial charge in [-0.15, -0.1) is 0 Å². The molecule has 0 aromatic carbocycles. The minimum Gasteiger partial charge on any atom is -1.00 e. The number of hydrogen-bond acceptors (Lipinski definition) is 4. The van der Waals surface area contributed by atoms with Gasteiger partial charge < -0.3 is 39.9 Å². The zero-order valence-corrected chi connectivity index (χ0v) is 16.2. The number of carbonyl (C=O) groups is 3. The van der Waals surface area contributed by atoms with Crippen molar-refractivity contribution in [2.24, 2.45) is 0 Å². The van der Waals surface area contributed by atoms with Crippen LogP contribution in [0.3, 0.4) is 0 Å². The van der Waals surface area contributed by atoms with E-state index < -0.39 is 36.4 Å². The maximum atomic E-state index is 10.3. The van der Waals surface area contributed by atoms with Crippen molar-refractivity contribution < 1.29 is 54.3 Å². The largest absolute Gasteiger partial charge is 2.00 e. The van der Waals surface area contributed by atoms with E-state index in [1.807, 2.05) is 0 Å². The molecule has 12 heteroatoms. The second-order valence-electron chi connectivity index (χ2n) is 2.48. The van der Waals surface area contributed by atoms with Crippen LogP contribution in [0.25, 0.3) is 0 Å². The molecule has 0 aromatic heterocycles. The van der Waals surface area contributed by atoms with Crippen molar-refractivity contribution in [2.75, 3.05) is 0 Å². The van der Waals surface area contributed by atoms with E-state index in [1.54, 1.807) is 0 Å². The van der Waals surface area contributed by atoms with E-state index in [2.05, 4.69) is 0 Å². The third kappa shape index (κ3) is 16.1. The summed E-state index contributed by atoms with van der Waals surface area (Å²) in [6.07, 6.45) is -2.29. The average Bonchev–Trinajstić information content (AvgIpc) is 1.82. The van der Waals surface area contributed by atoms with Crippen molar-refractivity contribution in [1.29, 1.82) is 0 Å². The van der Waals surface area contributed by atoms with Crippen LogP contribution in [-0.4, -0.2) is 168 Å². The summed E-state index contributed by atoms with van der Waals surface area (Å²) in [5.41, 5.74) is -2.74. The summed E-state index contributed by atoms with van der Waals surface area (Å²) < 4.78 is 0. The molecule has 0 aliphatic heterocycles. The third-order valence-corrected chi connectivity index (χ3v) is 1.29. The molecule has 102 valence electrons. The van der Waals surface area contributed by atoms with Crippen molar-refractivity contribution in [3.8, 4) is 0 Å². The molecule has 0 amide bonds. The van der Waals surface area contributed by atoms with Gasteiger partial charge in [0.25, 0.3) is 0 Å². The smallest absolute Gasteiger partial charge is 1.00 e. The molecular formula is C6H18Ca3O9. The molecule has 0 rings (SSSR count). The van der Waals surface area contributed by atoms with Crippen molar-refractivity contribution in [3.63, 3.8) is 0 Å². The summed E-state index contributed by atoms with van der Waals surface area (Å²) in [7, 11) is 0. The molecule has 9 nitrogen and oxygen atoms in total. The van der Waals surface area contributed by atoms with Gasteiger partial charge >= 0.3 is 131 Å². The Kier molecular flexibility index (Phi) is 35.1. The fourth-order valence-corrected chi connectivity index (χ4v) is 0.714. The van der Waals surface area contributed by atoms with Gasteiger partial charge in [0.2, 0.25) is 0 Å². The molecular weight excluding hydrogens is 336 g/mol. The molecule has 18 heavy (non-hydrogen) atoms. The van der Waals surface area contributed by atoms with E-state index in [4.69, 9.17) is 20.4 Å².